The fourth-order valence-electron chi connectivity index (χ4n) is 2.33. The molecule has 1 saturated heterocycles. The highest BCUT2D eigenvalue weighted by atomic mass is 16.5. The Morgan fingerprint density at radius 3 is 3.24 bits per heavy atom. The van der Waals surface area contributed by atoms with Crippen LogP contribution in [-0.2, 0) is 0 Å². The predicted molar refractivity (Wildman–Crippen MR) is 67.4 cm³/mol. The molecule has 4 heteroatoms. The average Bonchev–Trinajstić information content (AvgIpc) is 2.93. The van der Waals surface area contributed by atoms with Gasteiger partial charge in [-0.05, 0) is 38.4 Å². The fourth-order valence-corrected chi connectivity index (χ4v) is 2.33. The molecule has 1 aliphatic rings. The molecule has 0 aliphatic carbocycles. The summed E-state index contributed by atoms with van der Waals surface area (Å²) in [4.78, 5) is 7.68. The number of ether oxygens (including phenoxy) is 1. The Bertz CT molecular complexity index is 514. The maximum Gasteiger partial charge on any atom is 0.147 e. The molecule has 2 N–H and O–H groups in total. The van der Waals surface area contributed by atoms with Crippen molar-refractivity contribution in [2.24, 2.45) is 0 Å². The molecule has 90 valence electrons. The van der Waals surface area contributed by atoms with E-state index in [1.54, 1.807) is 0 Å². The van der Waals surface area contributed by atoms with Gasteiger partial charge in [0.1, 0.15) is 23.7 Å². The second-order valence-electron chi connectivity index (χ2n) is 4.58. The van der Waals surface area contributed by atoms with Crippen molar-refractivity contribution in [3.63, 3.8) is 0 Å². The molecule has 0 amide bonds. The van der Waals surface area contributed by atoms with Gasteiger partial charge in [0, 0.05) is 6.04 Å². The molecule has 4 nitrogen and oxygen atoms in total. The summed E-state index contributed by atoms with van der Waals surface area (Å²) in [6, 6.07) is 6.50. The summed E-state index contributed by atoms with van der Waals surface area (Å²) in [7, 11) is 0. The van der Waals surface area contributed by atoms with Gasteiger partial charge < -0.3 is 15.0 Å². The Hall–Kier alpha value is -1.55. The molecule has 2 heterocycles. The fraction of sp³-hybridized carbons (Fsp3) is 0.462. The maximum absolute atomic E-state index is 5.87. The van der Waals surface area contributed by atoms with Gasteiger partial charge >= 0.3 is 0 Å². The van der Waals surface area contributed by atoms with Crippen LogP contribution in [0.4, 0.5) is 0 Å². The van der Waals surface area contributed by atoms with Gasteiger partial charge in [0.25, 0.3) is 0 Å². The Labute approximate surface area is 100 Å². The molecule has 3 rings (SSSR count). The number of hydrogen-bond acceptors (Lipinski definition) is 3. The van der Waals surface area contributed by atoms with Crippen molar-refractivity contribution in [3.8, 4) is 5.75 Å². The number of H-pyrrole nitrogens is 1. The molecule has 17 heavy (non-hydrogen) atoms. The highest BCUT2D eigenvalue weighted by molar-refractivity contribution is 5.81. The van der Waals surface area contributed by atoms with Gasteiger partial charge in [0.05, 0.1) is 5.52 Å². The molecule has 2 aromatic rings. The smallest absolute Gasteiger partial charge is 0.147 e. The van der Waals surface area contributed by atoms with Crippen LogP contribution in [0.15, 0.2) is 18.2 Å². The Balaban J connectivity index is 1.79. The highest BCUT2D eigenvalue weighted by Crippen LogP contribution is 2.23. The summed E-state index contributed by atoms with van der Waals surface area (Å²) < 4.78 is 5.87. The standard InChI is InChI=1S/C13H17N3O/c1-9-15-11-5-2-6-12(13(11)16-9)17-8-10-4-3-7-14-10/h2,5-6,10,14H,3-4,7-8H2,1H3,(H,15,16). The molecule has 1 aliphatic heterocycles. The van der Waals surface area contributed by atoms with Crippen LogP contribution in [0, 0.1) is 6.92 Å². The van der Waals surface area contributed by atoms with Crippen molar-refractivity contribution >= 4 is 11.0 Å². The van der Waals surface area contributed by atoms with Crippen molar-refractivity contribution in [1.82, 2.24) is 15.3 Å². The lowest BCUT2D eigenvalue weighted by molar-refractivity contribution is 0.280. The third kappa shape index (κ3) is 2.13. The molecule has 1 fully saturated rings. The number of aromatic amines is 1. The normalized spacial score (nSPS) is 19.9. The van der Waals surface area contributed by atoms with E-state index in [9.17, 15) is 0 Å². The second kappa shape index (κ2) is 4.37. The van der Waals surface area contributed by atoms with E-state index in [-0.39, 0.29) is 0 Å². The van der Waals surface area contributed by atoms with Crippen molar-refractivity contribution in [2.45, 2.75) is 25.8 Å². The van der Waals surface area contributed by atoms with E-state index < -0.39 is 0 Å². The number of nitrogens with zero attached hydrogens (tertiary/aromatic N) is 1. The van der Waals surface area contributed by atoms with Gasteiger partial charge in [0.15, 0.2) is 0 Å². The quantitative estimate of drug-likeness (QED) is 0.849. The number of rotatable bonds is 3. The molecule has 0 saturated carbocycles. The van der Waals surface area contributed by atoms with Gasteiger partial charge in [-0.1, -0.05) is 6.07 Å². The zero-order chi connectivity index (χ0) is 11.7. The number of nitrogens with one attached hydrogen (secondary N) is 2. The van der Waals surface area contributed by atoms with Gasteiger partial charge in [-0.15, -0.1) is 0 Å². The molecule has 1 aromatic heterocycles. The minimum Gasteiger partial charge on any atom is -0.490 e. The highest BCUT2D eigenvalue weighted by Gasteiger charge is 2.15. The van der Waals surface area contributed by atoms with E-state index in [0.717, 1.165) is 35.8 Å². The third-order valence-electron chi connectivity index (χ3n) is 3.20. The molecule has 0 bridgehead atoms. The summed E-state index contributed by atoms with van der Waals surface area (Å²) in [5.41, 5.74) is 1.97. The van der Waals surface area contributed by atoms with Gasteiger partial charge in [-0.3, -0.25) is 0 Å². The Morgan fingerprint density at radius 1 is 1.47 bits per heavy atom. The zero-order valence-electron chi connectivity index (χ0n) is 9.99. The van der Waals surface area contributed by atoms with E-state index >= 15 is 0 Å². The van der Waals surface area contributed by atoms with Gasteiger partial charge in [-0.25, -0.2) is 4.98 Å². The van der Waals surface area contributed by atoms with E-state index in [2.05, 4.69) is 15.3 Å². The summed E-state index contributed by atoms with van der Waals surface area (Å²) in [5, 5.41) is 3.43. The van der Waals surface area contributed by atoms with Crippen molar-refractivity contribution in [1.29, 1.82) is 0 Å². The van der Waals surface area contributed by atoms with Crippen LogP contribution in [-0.4, -0.2) is 29.2 Å². The molecule has 0 radical (unpaired) electrons. The lowest BCUT2D eigenvalue weighted by atomic mass is 10.2. The molecule has 1 aromatic carbocycles. The van der Waals surface area contributed by atoms with Gasteiger partial charge in [0.2, 0.25) is 0 Å². The first kappa shape index (κ1) is 10.6. The molecule has 1 atom stereocenters. The summed E-state index contributed by atoms with van der Waals surface area (Å²) in [6.45, 7) is 3.80. The minimum absolute atomic E-state index is 0.491. The van der Waals surface area contributed by atoms with Crippen molar-refractivity contribution in [3.05, 3.63) is 24.0 Å². The number of hydrogen-bond donors (Lipinski definition) is 2. The number of fused-ring (bicyclic) bond motifs is 1. The Kier molecular flexibility index (Phi) is 2.73. The molecule has 1 unspecified atom stereocenters. The van der Waals surface area contributed by atoms with E-state index in [0.29, 0.717) is 6.04 Å². The van der Waals surface area contributed by atoms with Crippen LogP contribution < -0.4 is 10.1 Å². The first-order valence-corrected chi connectivity index (χ1v) is 6.14. The first-order chi connectivity index (χ1) is 8.33. The van der Waals surface area contributed by atoms with E-state index in [1.165, 1.54) is 12.8 Å². The maximum atomic E-state index is 5.87. The van der Waals surface area contributed by atoms with Crippen molar-refractivity contribution in [2.75, 3.05) is 13.2 Å². The lowest BCUT2D eigenvalue weighted by Gasteiger charge is -2.12. The molecule has 0 spiro atoms. The van der Waals surface area contributed by atoms with Crippen LogP contribution in [0.3, 0.4) is 0 Å². The van der Waals surface area contributed by atoms with Crippen LogP contribution in [0.2, 0.25) is 0 Å². The number of aryl methyl sites for hydroxylation is 1. The number of aromatic nitrogens is 2. The van der Waals surface area contributed by atoms with Gasteiger partial charge in [-0.2, -0.15) is 0 Å². The van der Waals surface area contributed by atoms with E-state index in [4.69, 9.17) is 4.74 Å². The molecular weight excluding hydrogens is 214 g/mol. The van der Waals surface area contributed by atoms with Crippen LogP contribution in [0.1, 0.15) is 18.7 Å². The third-order valence-corrected chi connectivity index (χ3v) is 3.20. The second-order valence-corrected chi connectivity index (χ2v) is 4.58. The first-order valence-electron chi connectivity index (χ1n) is 6.14. The van der Waals surface area contributed by atoms with Crippen LogP contribution in [0.5, 0.6) is 5.75 Å². The Morgan fingerprint density at radius 2 is 2.41 bits per heavy atom. The summed E-state index contributed by atoms with van der Waals surface area (Å²) in [6.07, 6.45) is 2.45. The lowest BCUT2D eigenvalue weighted by Crippen LogP contribution is -2.28. The summed E-state index contributed by atoms with van der Waals surface area (Å²) >= 11 is 0. The van der Waals surface area contributed by atoms with Crippen LogP contribution in [0.25, 0.3) is 11.0 Å². The molecular formula is C13H17N3O. The van der Waals surface area contributed by atoms with Crippen molar-refractivity contribution < 1.29 is 4.74 Å². The number of imidazole rings is 1. The zero-order valence-corrected chi connectivity index (χ0v) is 9.99. The largest absolute Gasteiger partial charge is 0.490 e. The topological polar surface area (TPSA) is 49.9 Å². The number of para-hydroxylation sites is 1. The predicted octanol–water partition coefficient (Wildman–Crippen LogP) is 2.00. The minimum atomic E-state index is 0.491. The average molecular weight is 231 g/mol. The number of benzene rings is 1. The van der Waals surface area contributed by atoms with Crippen LogP contribution >= 0.6 is 0 Å². The summed E-state index contributed by atoms with van der Waals surface area (Å²) in [5.74, 6) is 1.80. The van der Waals surface area contributed by atoms with E-state index in [1.807, 2.05) is 25.1 Å². The SMILES string of the molecule is Cc1nc2c(OCC3CCCN3)cccc2[nH]1. The monoisotopic (exact) mass is 231 g/mol.